The monoisotopic (exact) mass is 296 g/mol. The van der Waals surface area contributed by atoms with E-state index in [1.54, 1.807) is 0 Å². The molecule has 0 aliphatic heterocycles. The van der Waals surface area contributed by atoms with Gasteiger partial charge in [0.05, 0.1) is 5.69 Å². The first-order chi connectivity index (χ1) is 10.8. The van der Waals surface area contributed by atoms with Gasteiger partial charge in [-0.05, 0) is 31.7 Å². The molecule has 1 N–H and O–H groups in total. The maximum Gasteiger partial charge on any atom is 0.137 e. The molecule has 0 bridgehead atoms. The lowest BCUT2D eigenvalue weighted by Crippen LogP contribution is -2.13. The summed E-state index contributed by atoms with van der Waals surface area (Å²) >= 11 is 0. The van der Waals surface area contributed by atoms with Crippen molar-refractivity contribution in [2.45, 2.75) is 39.3 Å². The molecular formula is C18H20N2O2. The SMILES string of the molecule is Cc1oc2ccccc2c1CNCc1cc(CC2CC2)on1. The molecule has 0 saturated heterocycles. The average molecular weight is 296 g/mol. The smallest absolute Gasteiger partial charge is 0.137 e. The van der Waals surface area contributed by atoms with E-state index in [0.29, 0.717) is 6.54 Å². The van der Waals surface area contributed by atoms with Crippen molar-refractivity contribution in [3.05, 3.63) is 53.1 Å². The van der Waals surface area contributed by atoms with Crippen LogP contribution in [0.3, 0.4) is 0 Å². The van der Waals surface area contributed by atoms with Crippen molar-refractivity contribution >= 4 is 11.0 Å². The number of furan rings is 1. The van der Waals surface area contributed by atoms with Gasteiger partial charge in [-0.15, -0.1) is 0 Å². The first-order valence-electron chi connectivity index (χ1n) is 7.92. The van der Waals surface area contributed by atoms with Crippen molar-refractivity contribution in [2.24, 2.45) is 5.92 Å². The van der Waals surface area contributed by atoms with Crippen molar-refractivity contribution in [1.82, 2.24) is 10.5 Å². The van der Waals surface area contributed by atoms with Gasteiger partial charge in [0.15, 0.2) is 0 Å². The number of benzene rings is 1. The number of hydrogen-bond acceptors (Lipinski definition) is 4. The predicted molar refractivity (Wildman–Crippen MR) is 84.4 cm³/mol. The van der Waals surface area contributed by atoms with Crippen molar-refractivity contribution in [1.29, 1.82) is 0 Å². The van der Waals surface area contributed by atoms with Crippen LogP contribution in [0.25, 0.3) is 11.0 Å². The second-order valence-electron chi connectivity index (χ2n) is 6.17. The minimum Gasteiger partial charge on any atom is -0.461 e. The lowest BCUT2D eigenvalue weighted by atomic mass is 10.1. The van der Waals surface area contributed by atoms with E-state index in [4.69, 9.17) is 8.94 Å². The molecule has 2 aromatic heterocycles. The summed E-state index contributed by atoms with van der Waals surface area (Å²) in [5.41, 5.74) is 3.14. The molecule has 1 saturated carbocycles. The standard InChI is InChI=1S/C18H20N2O2/c1-12-17(16-4-2-3-5-18(16)21-12)11-19-10-14-9-15(22-20-14)8-13-6-7-13/h2-5,9,13,19H,6-8,10-11H2,1H3. The first-order valence-corrected chi connectivity index (χ1v) is 7.92. The molecular weight excluding hydrogens is 276 g/mol. The molecule has 1 aliphatic rings. The summed E-state index contributed by atoms with van der Waals surface area (Å²) in [4.78, 5) is 0. The van der Waals surface area contributed by atoms with E-state index >= 15 is 0 Å². The van der Waals surface area contributed by atoms with E-state index in [2.05, 4.69) is 22.6 Å². The molecule has 22 heavy (non-hydrogen) atoms. The summed E-state index contributed by atoms with van der Waals surface area (Å²) in [5.74, 6) is 2.82. The molecule has 0 unspecified atom stereocenters. The average Bonchev–Trinajstić information content (AvgIpc) is 3.12. The van der Waals surface area contributed by atoms with E-state index in [1.807, 2.05) is 25.1 Å². The topological polar surface area (TPSA) is 51.2 Å². The summed E-state index contributed by atoms with van der Waals surface area (Å²) in [6.07, 6.45) is 3.71. The molecule has 4 heteroatoms. The van der Waals surface area contributed by atoms with Crippen molar-refractivity contribution in [2.75, 3.05) is 0 Å². The summed E-state index contributed by atoms with van der Waals surface area (Å²) in [7, 11) is 0. The highest BCUT2D eigenvalue weighted by Gasteiger charge is 2.23. The summed E-state index contributed by atoms with van der Waals surface area (Å²) in [6.45, 7) is 3.50. The van der Waals surface area contributed by atoms with Crippen LogP contribution in [0.2, 0.25) is 0 Å². The number of nitrogens with one attached hydrogen (secondary N) is 1. The Labute approximate surface area is 129 Å². The second kappa shape index (κ2) is 5.61. The number of aryl methyl sites for hydroxylation is 1. The Kier molecular flexibility index (Phi) is 3.47. The van der Waals surface area contributed by atoms with Crippen LogP contribution >= 0.6 is 0 Å². The van der Waals surface area contributed by atoms with Crippen LogP contribution in [0.1, 0.15) is 35.6 Å². The fourth-order valence-electron chi connectivity index (χ4n) is 2.90. The number of para-hydroxylation sites is 1. The molecule has 1 fully saturated rings. The number of aromatic nitrogens is 1. The number of rotatable bonds is 6. The van der Waals surface area contributed by atoms with Gasteiger partial charge in [0, 0.05) is 36.5 Å². The maximum atomic E-state index is 5.78. The van der Waals surface area contributed by atoms with Crippen LogP contribution in [0.4, 0.5) is 0 Å². The van der Waals surface area contributed by atoms with E-state index < -0.39 is 0 Å². The van der Waals surface area contributed by atoms with Crippen molar-refractivity contribution < 1.29 is 8.94 Å². The van der Waals surface area contributed by atoms with Crippen molar-refractivity contribution in [3.8, 4) is 0 Å². The number of hydrogen-bond donors (Lipinski definition) is 1. The number of fused-ring (bicyclic) bond motifs is 1. The van der Waals surface area contributed by atoms with Gasteiger partial charge >= 0.3 is 0 Å². The molecule has 2 heterocycles. The van der Waals surface area contributed by atoms with Gasteiger partial charge in [-0.1, -0.05) is 23.4 Å². The van der Waals surface area contributed by atoms with Gasteiger partial charge in [-0.2, -0.15) is 0 Å². The summed E-state index contributed by atoms with van der Waals surface area (Å²) < 4.78 is 11.2. The van der Waals surface area contributed by atoms with Gasteiger partial charge in [0.1, 0.15) is 17.1 Å². The molecule has 0 radical (unpaired) electrons. The molecule has 1 aliphatic carbocycles. The van der Waals surface area contributed by atoms with E-state index in [-0.39, 0.29) is 0 Å². The van der Waals surface area contributed by atoms with Crippen LogP contribution in [0.5, 0.6) is 0 Å². The summed E-state index contributed by atoms with van der Waals surface area (Å²) in [5, 5.41) is 8.76. The van der Waals surface area contributed by atoms with Crippen molar-refractivity contribution in [3.63, 3.8) is 0 Å². The predicted octanol–water partition coefficient (Wildman–Crippen LogP) is 3.97. The van der Waals surface area contributed by atoms with E-state index in [9.17, 15) is 0 Å². The summed E-state index contributed by atoms with van der Waals surface area (Å²) in [6, 6.07) is 10.2. The minimum absolute atomic E-state index is 0.715. The van der Waals surface area contributed by atoms with Crippen LogP contribution in [-0.2, 0) is 19.5 Å². The van der Waals surface area contributed by atoms with Crippen LogP contribution in [0, 0.1) is 12.8 Å². The quantitative estimate of drug-likeness (QED) is 0.747. The Bertz CT molecular complexity index is 783. The zero-order valence-electron chi connectivity index (χ0n) is 12.8. The fraction of sp³-hybridized carbons (Fsp3) is 0.389. The molecule has 114 valence electrons. The molecule has 3 aromatic rings. The van der Waals surface area contributed by atoms with Gasteiger partial charge in [0.25, 0.3) is 0 Å². The highest BCUT2D eigenvalue weighted by molar-refractivity contribution is 5.82. The van der Waals surface area contributed by atoms with Gasteiger partial charge in [-0.3, -0.25) is 0 Å². The third kappa shape index (κ3) is 2.79. The zero-order chi connectivity index (χ0) is 14.9. The molecule has 0 amide bonds. The van der Waals surface area contributed by atoms with Crippen LogP contribution in [-0.4, -0.2) is 5.16 Å². The van der Waals surface area contributed by atoms with Crippen LogP contribution in [0.15, 0.2) is 39.3 Å². The lowest BCUT2D eigenvalue weighted by molar-refractivity contribution is 0.370. The van der Waals surface area contributed by atoms with Gasteiger partial charge in [0.2, 0.25) is 0 Å². The highest BCUT2D eigenvalue weighted by Crippen LogP contribution is 2.32. The molecule has 0 atom stereocenters. The second-order valence-corrected chi connectivity index (χ2v) is 6.17. The van der Waals surface area contributed by atoms with Gasteiger partial charge in [-0.25, -0.2) is 0 Å². The normalized spacial score (nSPS) is 14.8. The lowest BCUT2D eigenvalue weighted by Gasteiger charge is -2.01. The Hall–Kier alpha value is -2.07. The Morgan fingerprint density at radius 2 is 2.09 bits per heavy atom. The molecule has 4 rings (SSSR count). The molecule has 1 aromatic carbocycles. The first kappa shape index (κ1) is 13.6. The molecule has 4 nitrogen and oxygen atoms in total. The Morgan fingerprint density at radius 3 is 2.95 bits per heavy atom. The maximum absolute atomic E-state index is 5.78. The third-order valence-corrected chi connectivity index (χ3v) is 4.30. The Morgan fingerprint density at radius 1 is 1.23 bits per heavy atom. The third-order valence-electron chi connectivity index (χ3n) is 4.30. The highest BCUT2D eigenvalue weighted by atomic mass is 16.5. The molecule has 0 spiro atoms. The minimum atomic E-state index is 0.715. The largest absolute Gasteiger partial charge is 0.461 e. The number of nitrogens with zero attached hydrogens (tertiary/aromatic N) is 1. The fourth-order valence-corrected chi connectivity index (χ4v) is 2.90. The van der Waals surface area contributed by atoms with Crippen LogP contribution < -0.4 is 5.32 Å². The Balaban J connectivity index is 1.39. The van der Waals surface area contributed by atoms with Gasteiger partial charge < -0.3 is 14.3 Å². The van der Waals surface area contributed by atoms with E-state index in [1.165, 1.54) is 23.8 Å². The zero-order valence-corrected chi connectivity index (χ0v) is 12.8. The van der Waals surface area contributed by atoms with E-state index in [0.717, 1.165) is 41.7 Å².